The molecular formula is C23H35N3O5. The first-order valence-electron chi connectivity index (χ1n) is 10.8. The Hall–Kier alpha value is -2.74. The Kier molecular flexibility index (Phi) is 12.1. The Morgan fingerprint density at radius 2 is 1.35 bits per heavy atom. The number of Topliss-reactive ketones (excluding diaryl/α,β-unsaturated/α-hetero) is 2. The van der Waals surface area contributed by atoms with Gasteiger partial charge in [0.25, 0.3) is 0 Å². The predicted molar refractivity (Wildman–Crippen MR) is 119 cm³/mol. The van der Waals surface area contributed by atoms with Crippen molar-refractivity contribution in [1.29, 1.82) is 0 Å². The van der Waals surface area contributed by atoms with Crippen molar-refractivity contribution < 1.29 is 24.4 Å². The highest BCUT2D eigenvalue weighted by Crippen LogP contribution is 2.18. The molecular weight excluding hydrogens is 398 g/mol. The molecule has 0 aromatic heterocycles. The van der Waals surface area contributed by atoms with Gasteiger partial charge < -0.3 is 14.6 Å². The zero-order chi connectivity index (χ0) is 23.2. The smallest absolute Gasteiger partial charge is 0.243 e. The summed E-state index contributed by atoms with van der Waals surface area (Å²) < 4.78 is 0. The number of hydroxylamine groups is 1. The highest BCUT2D eigenvalue weighted by molar-refractivity contribution is 5.94. The van der Waals surface area contributed by atoms with E-state index in [4.69, 9.17) is 5.21 Å². The standard InChI is InChI=1S/C20H29N3O4.C3H6O/c1-16(24)17-8-10-18(11-9-17)22-12-14-23(15-13-22)20(26)7-5-3-2-4-6-19(25)21-27;1-3(2)4/h8-11,27H,2-7,12-15H2,1H3,(H,21,25);1-2H3. The number of unbranched alkanes of at least 4 members (excludes halogenated alkanes) is 3. The van der Waals surface area contributed by atoms with Crippen molar-refractivity contribution >= 4 is 29.1 Å². The lowest BCUT2D eigenvalue weighted by Gasteiger charge is -2.36. The van der Waals surface area contributed by atoms with Crippen LogP contribution in [0.2, 0.25) is 0 Å². The van der Waals surface area contributed by atoms with Crippen molar-refractivity contribution in [3.63, 3.8) is 0 Å². The molecule has 1 aromatic rings. The zero-order valence-corrected chi connectivity index (χ0v) is 18.9. The van der Waals surface area contributed by atoms with Crippen LogP contribution in [0.15, 0.2) is 24.3 Å². The van der Waals surface area contributed by atoms with Crippen LogP contribution in [0, 0.1) is 0 Å². The van der Waals surface area contributed by atoms with E-state index in [0.29, 0.717) is 31.5 Å². The van der Waals surface area contributed by atoms with E-state index in [1.54, 1.807) is 12.4 Å². The fourth-order valence-corrected chi connectivity index (χ4v) is 3.25. The summed E-state index contributed by atoms with van der Waals surface area (Å²) in [5, 5.41) is 8.41. The van der Waals surface area contributed by atoms with E-state index in [9.17, 15) is 19.2 Å². The fraction of sp³-hybridized carbons (Fsp3) is 0.565. The highest BCUT2D eigenvalue weighted by Gasteiger charge is 2.21. The number of piperazine rings is 1. The molecule has 0 radical (unpaired) electrons. The number of rotatable bonds is 9. The minimum atomic E-state index is -0.361. The summed E-state index contributed by atoms with van der Waals surface area (Å²) in [6.07, 6.45) is 4.20. The molecule has 2 amide bonds. The third-order valence-corrected chi connectivity index (χ3v) is 4.94. The Bertz CT molecular complexity index is 721. The van der Waals surface area contributed by atoms with Crippen molar-refractivity contribution in [2.75, 3.05) is 31.1 Å². The third kappa shape index (κ3) is 10.7. The lowest BCUT2D eigenvalue weighted by atomic mass is 10.1. The van der Waals surface area contributed by atoms with Gasteiger partial charge in [-0.1, -0.05) is 12.8 Å². The van der Waals surface area contributed by atoms with E-state index >= 15 is 0 Å². The molecule has 8 heteroatoms. The van der Waals surface area contributed by atoms with Crippen LogP contribution in [0.3, 0.4) is 0 Å². The molecule has 1 aliphatic rings. The number of hydrogen-bond donors (Lipinski definition) is 2. The normalized spacial score (nSPS) is 13.2. The van der Waals surface area contributed by atoms with Crippen LogP contribution in [0.4, 0.5) is 5.69 Å². The molecule has 0 saturated carbocycles. The molecule has 1 saturated heterocycles. The van der Waals surface area contributed by atoms with Gasteiger partial charge in [-0.15, -0.1) is 0 Å². The average Bonchev–Trinajstić information content (AvgIpc) is 2.75. The maximum Gasteiger partial charge on any atom is 0.243 e. The summed E-state index contributed by atoms with van der Waals surface area (Å²) in [5.41, 5.74) is 3.42. The van der Waals surface area contributed by atoms with Crippen molar-refractivity contribution in [2.45, 2.75) is 59.3 Å². The van der Waals surface area contributed by atoms with Crippen LogP contribution in [0.25, 0.3) is 0 Å². The molecule has 31 heavy (non-hydrogen) atoms. The summed E-state index contributed by atoms with van der Waals surface area (Å²) in [4.78, 5) is 48.2. The summed E-state index contributed by atoms with van der Waals surface area (Å²) in [7, 11) is 0. The van der Waals surface area contributed by atoms with E-state index in [1.807, 2.05) is 29.2 Å². The molecule has 1 fully saturated rings. The summed E-state index contributed by atoms with van der Waals surface area (Å²) >= 11 is 0. The van der Waals surface area contributed by atoms with Crippen LogP contribution >= 0.6 is 0 Å². The number of nitrogens with one attached hydrogen (secondary N) is 1. The molecule has 8 nitrogen and oxygen atoms in total. The van der Waals surface area contributed by atoms with Crippen LogP contribution in [0.5, 0.6) is 0 Å². The number of hydrogen-bond acceptors (Lipinski definition) is 6. The van der Waals surface area contributed by atoms with Gasteiger partial charge in [0.1, 0.15) is 5.78 Å². The Morgan fingerprint density at radius 1 is 0.839 bits per heavy atom. The van der Waals surface area contributed by atoms with Gasteiger partial charge in [0.05, 0.1) is 0 Å². The zero-order valence-electron chi connectivity index (χ0n) is 18.9. The molecule has 0 atom stereocenters. The Labute approximate surface area is 184 Å². The van der Waals surface area contributed by atoms with E-state index < -0.39 is 0 Å². The van der Waals surface area contributed by atoms with E-state index in [-0.39, 0.29) is 23.4 Å². The number of ketones is 2. The lowest BCUT2D eigenvalue weighted by Crippen LogP contribution is -2.48. The van der Waals surface area contributed by atoms with Gasteiger partial charge in [0.2, 0.25) is 11.8 Å². The number of anilines is 1. The summed E-state index contributed by atoms with van der Waals surface area (Å²) in [6.45, 7) is 7.63. The molecule has 1 heterocycles. The number of nitrogens with zero attached hydrogens (tertiary/aromatic N) is 2. The third-order valence-electron chi connectivity index (χ3n) is 4.94. The maximum absolute atomic E-state index is 12.3. The first kappa shape index (κ1) is 26.3. The largest absolute Gasteiger partial charge is 0.368 e. The van der Waals surface area contributed by atoms with Crippen LogP contribution in [-0.4, -0.2) is 59.7 Å². The van der Waals surface area contributed by atoms with E-state index in [2.05, 4.69) is 4.90 Å². The molecule has 172 valence electrons. The first-order chi connectivity index (χ1) is 14.7. The van der Waals surface area contributed by atoms with Crippen LogP contribution in [-0.2, 0) is 14.4 Å². The van der Waals surface area contributed by atoms with Gasteiger partial charge in [0.15, 0.2) is 5.78 Å². The minimum Gasteiger partial charge on any atom is -0.368 e. The second-order valence-electron chi connectivity index (χ2n) is 7.83. The monoisotopic (exact) mass is 433 g/mol. The Morgan fingerprint density at radius 3 is 1.84 bits per heavy atom. The number of benzene rings is 1. The lowest BCUT2D eigenvalue weighted by molar-refractivity contribution is -0.132. The topological polar surface area (TPSA) is 107 Å². The predicted octanol–water partition coefficient (Wildman–Crippen LogP) is 2.98. The first-order valence-corrected chi connectivity index (χ1v) is 10.8. The van der Waals surface area contributed by atoms with Gasteiger partial charge in [-0.2, -0.15) is 0 Å². The molecule has 2 rings (SSSR count). The minimum absolute atomic E-state index is 0.0635. The van der Waals surface area contributed by atoms with Crippen LogP contribution < -0.4 is 10.4 Å². The van der Waals surface area contributed by atoms with Gasteiger partial charge in [-0.05, 0) is 57.9 Å². The average molecular weight is 434 g/mol. The molecule has 1 aromatic carbocycles. The number of amides is 2. The van der Waals surface area contributed by atoms with Crippen molar-refractivity contribution in [2.24, 2.45) is 0 Å². The Balaban J connectivity index is 0.00000110. The van der Waals surface area contributed by atoms with E-state index in [1.165, 1.54) is 13.8 Å². The summed E-state index contributed by atoms with van der Waals surface area (Å²) in [6, 6.07) is 7.62. The fourth-order valence-electron chi connectivity index (χ4n) is 3.25. The van der Waals surface area contributed by atoms with Gasteiger partial charge >= 0.3 is 0 Å². The molecule has 0 spiro atoms. The molecule has 0 bridgehead atoms. The molecule has 2 N–H and O–H groups in total. The maximum atomic E-state index is 12.3. The van der Waals surface area contributed by atoms with E-state index in [0.717, 1.165) is 44.5 Å². The second kappa shape index (κ2) is 14.3. The second-order valence-corrected chi connectivity index (χ2v) is 7.83. The SMILES string of the molecule is CC(=O)c1ccc(N2CCN(C(=O)CCCCCCC(=O)NO)CC2)cc1.CC(C)=O. The quantitative estimate of drug-likeness (QED) is 0.268. The van der Waals surface area contributed by atoms with Gasteiger partial charge in [0, 0.05) is 50.3 Å². The molecule has 0 aliphatic carbocycles. The van der Waals surface area contributed by atoms with Gasteiger partial charge in [-0.3, -0.25) is 19.6 Å². The van der Waals surface area contributed by atoms with Crippen LogP contribution in [0.1, 0.15) is 69.7 Å². The van der Waals surface area contributed by atoms with Crippen molar-refractivity contribution in [1.82, 2.24) is 10.4 Å². The molecule has 0 unspecified atom stereocenters. The van der Waals surface area contributed by atoms with Gasteiger partial charge in [-0.25, -0.2) is 5.48 Å². The summed E-state index contributed by atoms with van der Waals surface area (Å²) in [5.74, 6) is 0.0585. The van der Waals surface area contributed by atoms with Crippen molar-refractivity contribution in [3.05, 3.63) is 29.8 Å². The van der Waals surface area contributed by atoms with Crippen molar-refractivity contribution in [3.8, 4) is 0 Å². The highest BCUT2D eigenvalue weighted by atomic mass is 16.5. The number of carbonyl (C=O) groups is 4. The number of carbonyl (C=O) groups excluding carboxylic acids is 4. The molecule has 1 aliphatic heterocycles.